The summed E-state index contributed by atoms with van der Waals surface area (Å²) in [5.41, 5.74) is 8.99. The molecular formula is C47H58N10O9S. The highest BCUT2D eigenvalue weighted by molar-refractivity contribution is 7.98. The molecule has 0 bridgehead atoms. The zero-order chi connectivity index (χ0) is 48.6. The molecule has 20 heteroatoms. The zero-order valence-corrected chi connectivity index (χ0v) is 38.5. The molecule has 0 radical (unpaired) electrons. The van der Waals surface area contributed by atoms with E-state index < -0.39 is 89.6 Å². The van der Waals surface area contributed by atoms with Gasteiger partial charge in [0, 0.05) is 53.5 Å². The van der Waals surface area contributed by atoms with Crippen LogP contribution >= 0.6 is 11.8 Å². The van der Waals surface area contributed by atoms with Crippen LogP contribution in [0, 0.1) is 0 Å². The van der Waals surface area contributed by atoms with E-state index in [0.29, 0.717) is 22.4 Å². The quantitative estimate of drug-likeness (QED) is 0.0414. The normalized spacial score (nSPS) is 14.3. The highest BCUT2D eigenvalue weighted by Crippen LogP contribution is 2.21. The van der Waals surface area contributed by atoms with Gasteiger partial charge in [0.2, 0.25) is 41.4 Å². The Morgan fingerprint density at radius 3 is 1.43 bits per heavy atom. The molecule has 0 saturated carbocycles. The van der Waals surface area contributed by atoms with Crippen molar-refractivity contribution in [1.82, 2.24) is 47.2 Å². The average Bonchev–Trinajstić information content (AvgIpc) is 3.93. The first-order chi connectivity index (χ1) is 32.1. The Hall–Kier alpha value is -7.19. The van der Waals surface area contributed by atoms with Crippen molar-refractivity contribution >= 4 is 80.9 Å². The van der Waals surface area contributed by atoms with Crippen LogP contribution in [0.15, 0.2) is 91.3 Å². The van der Waals surface area contributed by atoms with Crippen LogP contribution in [0.4, 0.5) is 0 Å². The SMILES string of the molecule is CSCC[C@H](NC(=O)CN)C(=O)N[C@@H](C)C(=O)N[C@@H](C)C(=O)N[C@@H](Cc1c[nH]c2ccccc12)C(=O)N[C@H](C)C(=O)N[C@H](Cc1c[nH]c2ccccc12)C(=O)N[C@@H](Cc1ccccc1)C(=O)O. The maximum absolute atomic E-state index is 14.1. The van der Waals surface area contributed by atoms with Gasteiger partial charge in [0.05, 0.1) is 6.54 Å². The first kappa shape index (κ1) is 50.8. The number of aromatic nitrogens is 2. The summed E-state index contributed by atoms with van der Waals surface area (Å²) < 4.78 is 0. The largest absolute Gasteiger partial charge is 0.480 e. The summed E-state index contributed by atoms with van der Waals surface area (Å²) in [6.07, 6.45) is 5.44. The zero-order valence-electron chi connectivity index (χ0n) is 37.6. The van der Waals surface area contributed by atoms with Crippen LogP contribution in [0.5, 0.6) is 0 Å². The van der Waals surface area contributed by atoms with Crippen molar-refractivity contribution in [1.29, 1.82) is 0 Å². The summed E-state index contributed by atoms with van der Waals surface area (Å²) >= 11 is 1.47. The Bertz CT molecular complexity index is 2550. The molecule has 5 aromatic rings. The molecule has 2 aromatic heterocycles. The minimum absolute atomic E-state index is 0.0149. The molecule has 12 N–H and O–H groups in total. The minimum atomic E-state index is -1.32. The van der Waals surface area contributed by atoms with Gasteiger partial charge in [0.25, 0.3) is 0 Å². The number of fused-ring (bicyclic) bond motifs is 2. The van der Waals surface area contributed by atoms with Crippen molar-refractivity contribution in [3.05, 3.63) is 108 Å². The smallest absolute Gasteiger partial charge is 0.326 e. The number of carbonyl (C=O) groups is 8. The van der Waals surface area contributed by atoms with Crippen molar-refractivity contribution in [2.24, 2.45) is 5.73 Å². The van der Waals surface area contributed by atoms with E-state index in [1.807, 2.05) is 54.8 Å². The van der Waals surface area contributed by atoms with Crippen LogP contribution in [0.1, 0.15) is 43.9 Å². The van der Waals surface area contributed by atoms with Crippen LogP contribution in [-0.2, 0) is 57.6 Å². The van der Waals surface area contributed by atoms with Crippen LogP contribution in [0.25, 0.3) is 21.8 Å². The summed E-state index contributed by atoms with van der Waals surface area (Å²) in [6, 6.07) is 15.0. The summed E-state index contributed by atoms with van der Waals surface area (Å²) in [5.74, 6) is -5.63. The molecule has 5 rings (SSSR count). The Morgan fingerprint density at radius 2 is 0.955 bits per heavy atom. The van der Waals surface area contributed by atoms with E-state index in [1.54, 1.807) is 42.7 Å². The third-order valence-corrected chi connectivity index (χ3v) is 11.7. The number of benzene rings is 3. The van der Waals surface area contributed by atoms with Crippen LogP contribution in [-0.4, -0.2) is 123 Å². The Morgan fingerprint density at radius 1 is 0.537 bits per heavy atom. The maximum Gasteiger partial charge on any atom is 0.326 e. The van der Waals surface area contributed by atoms with Gasteiger partial charge in [0.1, 0.15) is 42.3 Å². The molecule has 356 valence electrons. The fourth-order valence-electron chi connectivity index (χ4n) is 7.30. The number of carboxylic acids is 1. The molecule has 67 heavy (non-hydrogen) atoms. The average molecular weight is 939 g/mol. The fraction of sp³-hybridized carbons (Fsp3) is 0.362. The second kappa shape index (κ2) is 24.4. The molecule has 0 aliphatic heterocycles. The van der Waals surface area contributed by atoms with Gasteiger partial charge in [-0.25, -0.2) is 4.79 Å². The molecule has 7 amide bonds. The van der Waals surface area contributed by atoms with E-state index in [0.717, 1.165) is 21.8 Å². The predicted octanol–water partition coefficient (Wildman–Crippen LogP) is 0.927. The van der Waals surface area contributed by atoms with Gasteiger partial charge < -0.3 is 58.0 Å². The van der Waals surface area contributed by atoms with E-state index in [-0.39, 0.29) is 32.2 Å². The second-order valence-corrected chi connectivity index (χ2v) is 17.1. The molecule has 2 heterocycles. The van der Waals surface area contributed by atoms with E-state index in [2.05, 4.69) is 47.2 Å². The number of hydrogen-bond donors (Lipinski definition) is 11. The third-order valence-electron chi connectivity index (χ3n) is 11.1. The molecular weight excluding hydrogens is 881 g/mol. The fourth-order valence-corrected chi connectivity index (χ4v) is 7.77. The third kappa shape index (κ3) is 14.4. The van der Waals surface area contributed by atoms with Gasteiger partial charge >= 0.3 is 5.97 Å². The molecule has 7 atom stereocenters. The number of para-hydroxylation sites is 2. The summed E-state index contributed by atoms with van der Waals surface area (Å²) in [4.78, 5) is 113. The number of aliphatic carboxylic acids is 1. The van der Waals surface area contributed by atoms with Gasteiger partial charge in [-0.1, -0.05) is 66.7 Å². The Balaban J connectivity index is 1.30. The predicted molar refractivity (Wildman–Crippen MR) is 254 cm³/mol. The van der Waals surface area contributed by atoms with E-state index in [9.17, 15) is 43.5 Å². The number of hydrogen-bond acceptors (Lipinski definition) is 10. The molecule has 19 nitrogen and oxygen atoms in total. The van der Waals surface area contributed by atoms with Crippen molar-refractivity contribution in [3.8, 4) is 0 Å². The molecule has 0 aliphatic carbocycles. The number of nitrogens with two attached hydrogens (primary N) is 1. The van der Waals surface area contributed by atoms with E-state index in [4.69, 9.17) is 5.73 Å². The highest BCUT2D eigenvalue weighted by Gasteiger charge is 2.32. The standard InChI is InChI=1S/C47H58N10O9S/c1-26(52-44(62)36(18-19-67-4)54-40(58)23-48)41(59)51-27(2)42(60)55-37(21-30-24-49-34-16-10-8-14-32(30)34)45(63)53-28(3)43(61)56-38(22-31-25-50-35-17-11-9-15-33(31)35)46(64)57-39(47(65)66)20-29-12-6-5-7-13-29/h5-17,24-28,36-39,49-50H,18-23,48H2,1-4H3,(H,51,59)(H,52,62)(H,53,63)(H,54,58)(H,55,60)(H,56,61)(H,57,64)(H,65,66)/t26-,27-,28+,36-,37-,38+,39-/m0/s1. The molecule has 3 aromatic carbocycles. The minimum Gasteiger partial charge on any atom is -0.480 e. The molecule has 0 unspecified atom stereocenters. The summed E-state index contributed by atoms with van der Waals surface area (Å²) in [5, 5.41) is 29.9. The van der Waals surface area contributed by atoms with Gasteiger partial charge in [-0.3, -0.25) is 33.6 Å². The number of amides is 7. The second-order valence-electron chi connectivity index (χ2n) is 16.1. The van der Waals surface area contributed by atoms with Gasteiger partial charge in [-0.15, -0.1) is 0 Å². The summed E-state index contributed by atoms with van der Waals surface area (Å²) in [6.45, 7) is 3.89. The van der Waals surface area contributed by atoms with Crippen molar-refractivity contribution in [3.63, 3.8) is 0 Å². The Labute approximate surface area is 391 Å². The molecule has 0 spiro atoms. The highest BCUT2D eigenvalue weighted by atomic mass is 32.2. The van der Waals surface area contributed by atoms with E-state index >= 15 is 0 Å². The number of thioether (sulfide) groups is 1. The first-order valence-corrected chi connectivity index (χ1v) is 23.1. The van der Waals surface area contributed by atoms with E-state index in [1.165, 1.54) is 32.5 Å². The number of carbonyl (C=O) groups excluding carboxylic acids is 7. The van der Waals surface area contributed by atoms with Crippen molar-refractivity contribution < 1.29 is 43.5 Å². The van der Waals surface area contributed by atoms with Crippen LogP contribution < -0.4 is 43.0 Å². The number of carboxylic acid groups (broad SMARTS) is 1. The first-order valence-electron chi connectivity index (χ1n) is 21.8. The lowest BCUT2D eigenvalue weighted by Gasteiger charge is -2.25. The van der Waals surface area contributed by atoms with Crippen molar-refractivity contribution in [2.45, 2.75) is 88.7 Å². The number of aromatic amines is 2. The molecule has 0 fully saturated rings. The van der Waals surface area contributed by atoms with Gasteiger partial charge in [-0.05, 0) is 68.0 Å². The maximum atomic E-state index is 14.1. The van der Waals surface area contributed by atoms with Crippen LogP contribution in [0.2, 0.25) is 0 Å². The summed E-state index contributed by atoms with van der Waals surface area (Å²) in [7, 11) is 0. The monoisotopic (exact) mass is 938 g/mol. The van der Waals surface area contributed by atoms with Crippen molar-refractivity contribution in [2.75, 3.05) is 18.6 Å². The van der Waals surface area contributed by atoms with Crippen LogP contribution in [0.3, 0.4) is 0 Å². The lowest BCUT2D eigenvalue weighted by Crippen LogP contribution is -2.59. The molecule has 0 aliphatic rings. The number of nitrogens with one attached hydrogen (secondary N) is 9. The van der Waals surface area contributed by atoms with Gasteiger partial charge in [-0.2, -0.15) is 11.8 Å². The molecule has 0 saturated heterocycles. The topological polar surface area (TPSA) is 299 Å². The van der Waals surface area contributed by atoms with Gasteiger partial charge in [0.15, 0.2) is 0 Å². The number of rotatable bonds is 24. The lowest BCUT2D eigenvalue weighted by atomic mass is 10.0. The number of H-pyrrole nitrogens is 2. The Kier molecular flexibility index (Phi) is 18.5. The lowest BCUT2D eigenvalue weighted by molar-refractivity contribution is -0.142.